The molecular weight excluding hydrogens is 321 g/mol. The summed E-state index contributed by atoms with van der Waals surface area (Å²) in [5, 5.41) is 3.72. The topological polar surface area (TPSA) is 110 Å². The summed E-state index contributed by atoms with van der Waals surface area (Å²) in [6.07, 6.45) is 7.61. The third kappa shape index (κ3) is 5.67. The highest BCUT2D eigenvalue weighted by Gasteiger charge is 2.14. The molecule has 0 aromatic heterocycles. The van der Waals surface area contributed by atoms with Gasteiger partial charge < -0.3 is 16.8 Å². The first-order valence-corrected chi connectivity index (χ1v) is 7.29. The van der Waals surface area contributed by atoms with Crippen molar-refractivity contribution in [1.82, 2.24) is 5.32 Å². The Hall–Kier alpha value is -3.32. The predicted molar refractivity (Wildman–Crippen MR) is 99.4 cm³/mol. The van der Waals surface area contributed by atoms with Gasteiger partial charge in [-0.05, 0) is 55.1 Å². The fourth-order valence-electron chi connectivity index (χ4n) is 2.14. The van der Waals surface area contributed by atoms with Gasteiger partial charge in [0.05, 0.1) is 11.4 Å². The number of hydrogen-bond donors (Lipinski definition) is 4. The second kappa shape index (κ2) is 9.09. The van der Waals surface area contributed by atoms with Crippen LogP contribution in [0.1, 0.15) is 5.56 Å². The second-order valence-corrected chi connectivity index (χ2v) is 5.06. The molecule has 0 radical (unpaired) electrons. The maximum absolute atomic E-state index is 13.3. The van der Waals surface area contributed by atoms with Crippen LogP contribution < -0.4 is 27.6 Å². The minimum atomic E-state index is -0.745. The summed E-state index contributed by atoms with van der Waals surface area (Å²) in [6, 6.07) is 3.49. The first-order chi connectivity index (χ1) is 11.8. The zero-order chi connectivity index (χ0) is 19.0. The molecule has 0 atom stereocenters. The van der Waals surface area contributed by atoms with Crippen LogP contribution in [0.3, 0.4) is 0 Å². The lowest BCUT2D eigenvalue weighted by Gasteiger charge is -2.25. The lowest BCUT2D eigenvalue weighted by Crippen LogP contribution is -2.32. The van der Waals surface area contributed by atoms with Crippen LogP contribution in [0.2, 0.25) is 0 Å². The number of aryl methyl sites for hydroxylation is 1. The van der Waals surface area contributed by atoms with Crippen molar-refractivity contribution in [3.05, 3.63) is 90.2 Å². The Balaban J connectivity index is 3.36. The van der Waals surface area contributed by atoms with Crippen molar-refractivity contribution in [2.45, 2.75) is 6.92 Å². The molecule has 6 nitrogen and oxygen atoms in total. The van der Waals surface area contributed by atoms with E-state index in [1.165, 1.54) is 29.4 Å². The van der Waals surface area contributed by atoms with Crippen molar-refractivity contribution in [1.29, 1.82) is 0 Å². The van der Waals surface area contributed by atoms with Gasteiger partial charge in [0.25, 0.3) is 0 Å². The highest BCUT2D eigenvalue weighted by molar-refractivity contribution is 5.74. The van der Waals surface area contributed by atoms with Crippen molar-refractivity contribution >= 4 is 11.7 Å². The number of nitrogens with zero attached hydrogens (tertiary/aromatic N) is 1. The standard InChI is InChI=1S/C18H22FN5O/c1-4-5-17(14(8-9-20)11-13(3)23-18(21)25)24(22)16-7-6-15(19)10-12(16)2/h4-11H,1,3,20,22H2,2H3,(H3,21,23,25)/b9-8-,14-11+,17-5-. The van der Waals surface area contributed by atoms with E-state index in [4.69, 9.17) is 17.3 Å². The van der Waals surface area contributed by atoms with Gasteiger partial charge in [-0.1, -0.05) is 19.2 Å². The number of halogens is 1. The van der Waals surface area contributed by atoms with Crippen LogP contribution in [0.5, 0.6) is 0 Å². The number of nitrogens with one attached hydrogen (secondary N) is 1. The molecule has 0 fully saturated rings. The van der Waals surface area contributed by atoms with E-state index in [2.05, 4.69) is 18.5 Å². The fraction of sp³-hybridized carbons (Fsp3) is 0.0556. The SMILES string of the molecule is C=C/C=C(C(/C=C\N)=C/C(=C)NC(N)=O)\N(N)c1ccc(F)cc1C. The summed E-state index contributed by atoms with van der Waals surface area (Å²) < 4.78 is 13.3. The average molecular weight is 343 g/mol. The molecule has 0 unspecified atom stereocenters. The number of benzene rings is 1. The lowest BCUT2D eigenvalue weighted by molar-refractivity contribution is 0.251. The first-order valence-electron chi connectivity index (χ1n) is 7.29. The van der Waals surface area contributed by atoms with Crippen LogP contribution in [-0.2, 0) is 0 Å². The van der Waals surface area contributed by atoms with Gasteiger partial charge in [0.1, 0.15) is 5.82 Å². The number of amides is 2. The molecule has 0 aliphatic carbocycles. The Morgan fingerprint density at radius 1 is 1.40 bits per heavy atom. The van der Waals surface area contributed by atoms with Gasteiger partial charge in [-0.2, -0.15) is 0 Å². The molecule has 25 heavy (non-hydrogen) atoms. The number of rotatable bonds is 7. The zero-order valence-electron chi connectivity index (χ0n) is 14.0. The molecule has 0 spiro atoms. The Morgan fingerprint density at radius 3 is 2.60 bits per heavy atom. The van der Waals surface area contributed by atoms with E-state index >= 15 is 0 Å². The molecule has 0 saturated heterocycles. The molecule has 1 rings (SSSR count). The zero-order valence-corrected chi connectivity index (χ0v) is 14.0. The van der Waals surface area contributed by atoms with Gasteiger partial charge in [-0.3, -0.25) is 5.01 Å². The number of primary amides is 1. The molecule has 132 valence electrons. The van der Waals surface area contributed by atoms with Crippen LogP contribution in [0.25, 0.3) is 0 Å². The minimum absolute atomic E-state index is 0.250. The fourth-order valence-corrected chi connectivity index (χ4v) is 2.14. The minimum Gasteiger partial charge on any atom is -0.405 e. The lowest BCUT2D eigenvalue weighted by atomic mass is 10.1. The van der Waals surface area contributed by atoms with E-state index in [0.29, 0.717) is 22.5 Å². The van der Waals surface area contributed by atoms with Crippen LogP contribution in [0, 0.1) is 12.7 Å². The third-order valence-corrected chi connectivity index (χ3v) is 3.14. The number of anilines is 1. The van der Waals surface area contributed by atoms with Crippen LogP contribution in [-0.4, -0.2) is 6.03 Å². The summed E-state index contributed by atoms with van der Waals surface area (Å²) in [6.45, 7) is 9.10. The Morgan fingerprint density at radius 2 is 2.08 bits per heavy atom. The molecule has 1 aromatic rings. The Bertz CT molecular complexity index is 765. The van der Waals surface area contributed by atoms with Gasteiger partial charge in [0.15, 0.2) is 0 Å². The third-order valence-electron chi connectivity index (χ3n) is 3.14. The molecular formula is C18H22FN5O. The summed E-state index contributed by atoms with van der Waals surface area (Å²) in [5.74, 6) is 5.86. The van der Waals surface area contributed by atoms with Crippen molar-refractivity contribution in [3.8, 4) is 0 Å². The van der Waals surface area contributed by atoms with Crippen molar-refractivity contribution in [3.63, 3.8) is 0 Å². The smallest absolute Gasteiger partial charge is 0.316 e. The van der Waals surface area contributed by atoms with E-state index < -0.39 is 6.03 Å². The van der Waals surface area contributed by atoms with Crippen LogP contribution >= 0.6 is 0 Å². The molecule has 1 aromatic carbocycles. The quantitative estimate of drug-likeness (QED) is 0.346. The summed E-state index contributed by atoms with van der Waals surface area (Å²) in [7, 11) is 0. The van der Waals surface area contributed by atoms with Gasteiger partial charge in [-0.25, -0.2) is 15.0 Å². The summed E-state index contributed by atoms with van der Waals surface area (Å²) in [5.41, 5.74) is 13.1. The molecule has 2 amide bonds. The predicted octanol–water partition coefficient (Wildman–Crippen LogP) is 2.46. The highest BCUT2D eigenvalue weighted by Crippen LogP contribution is 2.26. The van der Waals surface area contributed by atoms with Crippen molar-refractivity contribution in [2.75, 3.05) is 5.01 Å². The van der Waals surface area contributed by atoms with E-state index in [9.17, 15) is 9.18 Å². The molecule has 7 heteroatoms. The molecule has 7 N–H and O–H groups in total. The van der Waals surface area contributed by atoms with E-state index in [1.807, 2.05) is 0 Å². The number of nitrogens with two attached hydrogens (primary N) is 3. The molecule has 0 heterocycles. The van der Waals surface area contributed by atoms with E-state index in [-0.39, 0.29) is 11.5 Å². The number of carbonyl (C=O) groups excluding carboxylic acids is 1. The number of hydrogen-bond acceptors (Lipinski definition) is 4. The Labute approximate surface area is 146 Å². The van der Waals surface area contributed by atoms with Gasteiger partial charge in [-0.15, -0.1) is 0 Å². The number of carbonyl (C=O) groups is 1. The van der Waals surface area contributed by atoms with E-state index in [0.717, 1.165) is 0 Å². The number of allylic oxidation sites excluding steroid dienone is 4. The normalized spacial score (nSPS) is 12.1. The molecule has 0 aliphatic heterocycles. The van der Waals surface area contributed by atoms with Gasteiger partial charge in [0.2, 0.25) is 0 Å². The monoisotopic (exact) mass is 343 g/mol. The molecule has 0 bridgehead atoms. The summed E-state index contributed by atoms with van der Waals surface area (Å²) >= 11 is 0. The molecule has 0 saturated carbocycles. The Kier molecular flexibility index (Phi) is 7.17. The van der Waals surface area contributed by atoms with Gasteiger partial charge in [0, 0.05) is 11.3 Å². The highest BCUT2D eigenvalue weighted by atomic mass is 19.1. The maximum Gasteiger partial charge on any atom is 0.316 e. The van der Waals surface area contributed by atoms with Crippen LogP contribution in [0.4, 0.5) is 14.9 Å². The van der Waals surface area contributed by atoms with Gasteiger partial charge >= 0.3 is 6.03 Å². The molecule has 0 aliphatic rings. The first kappa shape index (κ1) is 19.7. The van der Waals surface area contributed by atoms with Crippen LogP contribution in [0.15, 0.2) is 78.8 Å². The average Bonchev–Trinajstić information content (AvgIpc) is 2.51. The summed E-state index contributed by atoms with van der Waals surface area (Å²) in [4.78, 5) is 11.0. The van der Waals surface area contributed by atoms with Crippen molar-refractivity contribution in [2.24, 2.45) is 17.3 Å². The van der Waals surface area contributed by atoms with Crippen molar-refractivity contribution < 1.29 is 9.18 Å². The number of urea groups is 1. The maximum atomic E-state index is 13.3. The largest absolute Gasteiger partial charge is 0.405 e. The van der Waals surface area contributed by atoms with E-state index in [1.54, 1.807) is 31.2 Å². The second-order valence-electron chi connectivity index (χ2n) is 5.06. The number of hydrazine groups is 1.